The van der Waals surface area contributed by atoms with E-state index in [4.69, 9.17) is 22.2 Å². The highest BCUT2D eigenvalue weighted by Crippen LogP contribution is 2.17. The highest BCUT2D eigenvalue weighted by molar-refractivity contribution is 6.30. The SMILES string of the molecule is CCCc1nc(NN)cc(OCc2cccc(Cl)c2)n1. The van der Waals surface area contributed by atoms with Gasteiger partial charge in [-0.1, -0.05) is 30.7 Å². The Kier molecular flexibility index (Phi) is 5.15. The lowest BCUT2D eigenvalue weighted by Crippen LogP contribution is -2.11. The molecule has 0 aliphatic heterocycles. The summed E-state index contributed by atoms with van der Waals surface area (Å²) in [5.41, 5.74) is 3.50. The van der Waals surface area contributed by atoms with Gasteiger partial charge in [-0.3, -0.25) is 0 Å². The van der Waals surface area contributed by atoms with E-state index in [-0.39, 0.29) is 0 Å². The molecule has 0 saturated heterocycles. The van der Waals surface area contributed by atoms with E-state index in [0.29, 0.717) is 29.2 Å². The van der Waals surface area contributed by atoms with Gasteiger partial charge < -0.3 is 10.2 Å². The maximum atomic E-state index is 5.93. The van der Waals surface area contributed by atoms with Crippen molar-refractivity contribution in [2.75, 3.05) is 5.43 Å². The van der Waals surface area contributed by atoms with Gasteiger partial charge in [0.2, 0.25) is 5.88 Å². The Balaban J connectivity index is 2.10. The molecule has 1 aromatic carbocycles. The number of hydrogen-bond acceptors (Lipinski definition) is 5. The lowest BCUT2D eigenvalue weighted by Gasteiger charge is -2.09. The molecule has 5 nitrogen and oxygen atoms in total. The van der Waals surface area contributed by atoms with Crippen molar-refractivity contribution in [2.24, 2.45) is 5.84 Å². The largest absolute Gasteiger partial charge is 0.473 e. The van der Waals surface area contributed by atoms with Gasteiger partial charge in [-0.15, -0.1) is 0 Å². The normalized spacial score (nSPS) is 10.3. The van der Waals surface area contributed by atoms with Crippen molar-refractivity contribution in [3.8, 4) is 5.88 Å². The Morgan fingerprint density at radius 2 is 2.15 bits per heavy atom. The standard InChI is InChI=1S/C14H17ClN4O/c1-2-4-12-17-13(19-16)8-14(18-12)20-9-10-5-3-6-11(15)7-10/h3,5-8H,2,4,9,16H2,1H3,(H,17,18,19). The fraction of sp³-hybridized carbons (Fsp3) is 0.286. The number of ether oxygens (including phenoxy) is 1. The van der Waals surface area contributed by atoms with Crippen molar-refractivity contribution in [3.63, 3.8) is 0 Å². The van der Waals surface area contributed by atoms with E-state index in [2.05, 4.69) is 22.3 Å². The van der Waals surface area contributed by atoms with Crippen LogP contribution in [0.4, 0.5) is 5.82 Å². The van der Waals surface area contributed by atoms with E-state index in [1.54, 1.807) is 6.07 Å². The molecule has 0 aliphatic rings. The molecule has 0 saturated carbocycles. The van der Waals surface area contributed by atoms with E-state index in [0.717, 1.165) is 18.4 Å². The molecule has 3 N–H and O–H groups in total. The van der Waals surface area contributed by atoms with Crippen molar-refractivity contribution in [2.45, 2.75) is 26.4 Å². The molecule has 6 heteroatoms. The van der Waals surface area contributed by atoms with Crippen LogP contribution in [0.3, 0.4) is 0 Å². The van der Waals surface area contributed by atoms with E-state index in [9.17, 15) is 0 Å². The van der Waals surface area contributed by atoms with Crippen LogP contribution in [0.25, 0.3) is 0 Å². The monoisotopic (exact) mass is 292 g/mol. The number of aryl methyl sites for hydroxylation is 1. The zero-order chi connectivity index (χ0) is 14.4. The van der Waals surface area contributed by atoms with Gasteiger partial charge >= 0.3 is 0 Å². The molecule has 0 spiro atoms. The third-order valence-corrected chi connectivity index (χ3v) is 2.88. The minimum Gasteiger partial charge on any atom is -0.473 e. The summed E-state index contributed by atoms with van der Waals surface area (Å²) >= 11 is 5.93. The third kappa shape index (κ3) is 4.08. The lowest BCUT2D eigenvalue weighted by atomic mass is 10.2. The summed E-state index contributed by atoms with van der Waals surface area (Å²) in [5, 5.41) is 0.685. The number of rotatable bonds is 6. The van der Waals surface area contributed by atoms with Crippen molar-refractivity contribution in [3.05, 3.63) is 46.7 Å². The van der Waals surface area contributed by atoms with Crippen LogP contribution in [-0.4, -0.2) is 9.97 Å². The van der Waals surface area contributed by atoms with Crippen LogP contribution >= 0.6 is 11.6 Å². The van der Waals surface area contributed by atoms with Crippen molar-refractivity contribution >= 4 is 17.4 Å². The van der Waals surface area contributed by atoms with E-state index < -0.39 is 0 Å². The van der Waals surface area contributed by atoms with Crippen LogP contribution < -0.4 is 16.0 Å². The fourth-order valence-electron chi connectivity index (χ4n) is 1.74. The Morgan fingerprint density at radius 3 is 2.85 bits per heavy atom. The summed E-state index contributed by atoms with van der Waals surface area (Å²) in [6.45, 7) is 2.46. The first-order chi connectivity index (χ1) is 9.71. The topological polar surface area (TPSA) is 73.1 Å². The number of hydrogen-bond donors (Lipinski definition) is 2. The average Bonchev–Trinajstić information content (AvgIpc) is 2.45. The second kappa shape index (κ2) is 7.07. The first-order valence-electron chi connectivity index (χ1n) is 6.43. The first kappa shape index (κ1) is 14.6. The number of hydrazine groups is 1. The molecule has 0 unspecified atom stereocenters. The number of halogens is 1. The molecule has 0 bridgehead atoms. The molecule has 0 radical (unpaired) electrons. The maximum absolute atomic E-state index is 5.93. The summed E-state index contributed by atoms with van der Waals surface area (Å²) in [5.74, 6) is 7.15. The molecule has 0 aliphatic carbocycles. The van der Waals surface area contributed by atoms with E-state index in [1.807, 2.05) is 24.3 Å². The molecule has 20 heavy (non-hydrogen) atoms. The van der Waals surface area contributed by atoms with Gasteiger partial charge in [-0.05, 0) is 24.1 Å². The summed E-state index contributed by atoms with van der Waals surface area (Å²) in [4.78, 5) is 8.61. The Labute approximate surface area is 123 Å². The Morgan fingerprint density at radius 1 is 1.30 bits per heavy atom. The number of benzene rings is 1. The minimum atomic E-state index is 0.396. The molecule has 2 rings (SSSR count). The molecule has 0 fully saturated rings. The smallest absolute Gasteiger partial charge is 0.219 e. The molecule has 1 heterocycles. The van der Waals surface area contributed by atoms with Gasteiger partial charge in [0, 0.05) is 17.5 Å². The van der Waals surface area contributed by atoms with Gasteiger partial charge in [0.15, 0.2) is 0 Å². The molecule has 106 valence electrons. The van der Waals surface area contributed by atoms with Crippen LogP contribution in [0.5, 0.6) is 5.88 Å². The maximum Gasteiger partial charge on any atom is 0.219 e. The van der Waals surface area contributed by atoms with E-state index in [1.165, 1.54) is 0 Å². The summed E-state index contributed by atoms with van der Waals surface area (Å²) < 4.78 is 5.67. The van der Waals surface area contributed by atoms with Gasteiger partial charge in [-0.2, -0.15) is 4.98 Å². The number of nitrogen functional groups attached to an aromatic ring is 1. The van der Waals surface area contributed by atoms with Crippen LogP contribution in [0.15, 0.2) is 30.3 Å². The predicted octanol–water partition coefficient (Wildman–Crippen LogP) is 2.95. The molecule has 1 aromatic heterocycles. The van der Waals surface area contributed by atoms with Crippen LogP contribution in [0.2, 0.25) is 5.02 Å². The van der Waals surface area contributed by atoms with Gasteiger partial charge in [-0.25, -0.2) is 10.8 Å². The second-order valence-corrected chi connectivity index (χ2v) is 4.76. The average molecular weight is 293 g/mol. The number of nitrogens with zero attached hydrogens (tertiary/aromatic N) is 2. The molecular formula is C14H17ClN4O. The second-order valence-electron chi connectivity index (χ2n) is 4.32. The molecule has 0 atom stereocenters. The summed E-state index contributed by atoms with van der Waals surface area (Å²) in [6.07, 6.45) is 1.74. The van der Waals surface area contributed by atoms with Gasteiger partial charge in [0.05, 0.1) is 0 Å². The zero-order valence-electron chi connectivity index (χ0n) is 11.3. The number of anilines is 1. The van der Waals surface area contributed by atoms with Crippen molar-refractivity contribution in [1.82, 2.24) is 9.97 Å². The van der Waals surface area contributed by atoms with E-state index >= 15 is 0 Å². The van der Waals surface area contributed by atoms with Gasteiger partial charge in [0.25, 0.3) is 0 Å². The van der Waals surface area contributed by atoms with Crippen LogP contribution in [0, 0.1) is 0 Å². The van der Waals surface area contributed by atoms with Crippen LogP contribution in [0.1, 0.15) is 24.7 Å². The molecule has 0 amide bonds. The Hall–Kier alpha value is -1.85. The number of nitrogens with two attached hydrogens (primary N) is 1. The van der Waals surface area contributed by atoms with Crippen molar-refractivity contribution in [1.29, 1.82) is 0 Å². The Bertz CT molecular complexity index is 577. The first-order valence-corrected chi connectivity index (χ1v) is 6.81. The highest BCUT2D eigenvalue weighted by Gasteiger charge is 2.05. The fourth-order valence-corrected chi connectivity index (χ4v) is 1.95. The zero-order valence-corrected chi connectivity index (χ0v) is 12.0. The molecular weight excluding hydrogens is 276 g/mol. The van der Waals surface area contributed by atoms with Gasteiger partial charge in [0.1, 0.15) is 18.2 Å². The summed E-state index contributed by atoms with van der Waals surface area (Å²) in [7, 11) is 0. The lowest BCUT2D eigenvalue weighted by molar-refractivity contribution is 0.292. The van der Waals surface area contributed by atoms with Crippen LogP contribution in [-0.2, 0) is 13.0 Å². The quantitative estimate of drug-likeness (QED) is 0.632. The number of nitrogens with one attached hydrogen (secondary N) is 1. The molecule has 2 aromatic rings. The third-order valence-electron chi connectivity index (χ3n) is 2.65. The van der Waals surface area contributed by atoms with Crippen molar-refractivity contribution < 1.29 is 4.74 Å². The summed E-state index contributed by atoms with van der Waals surface area (Å²) in [6, 6.07) is 9.19. The minimum absolute atomic E-state index is 0.396. The highest BCUT2D eigenvalue weighted by atomic mass is 35.5. The number of aromatic nitrogens is 2. The predicted molar refractivity (Wildman–Crippen MR) is 79.6 cm³/mol.